The van der Waals surface area contributed by atoms with Gasteiger partial charge >= 0.3 is 0 Å². The quantitative estimate of drug-likeness (QED) is 0.445. The number of nitrogens with zero attached hydrogens (tertiary/aromatic N) is 3. The molecule has 2 N–H and O–H groups in total. The van der Waals surface area contributed by atoms with Crippen molar-refractivity contribution in [3.8, 4) is 16.9 Å². The predicted octanol–water partition coefficient (Wildman–Crippen LogP) is 4.83. The van der Waals surface area contributed by atoms with E-state index in [2.05, 4.69) is 20.7 Å². The van der Waals surface area contributed by atoms with E-state index in [-0.39, 0.29) is 17.6 Å². The van der Waals surface area contributed by atoms with E-state index in [9.17, 15) is 14.0 Å². The van der Waals surface area contributed by atoms with Crippen LogP contribution in [0.4, 0.5) is 15.2 Å². The largest absolute Gasteiger partial charge is 0.326 e. The van der Waals surface area contributed by atoms with Gasteiger partial charge in [0.05, 0.1) is 11.4 Å². The predicted molar refractivity (Wildman–Crippen MR) is 125 cm³/mol. The van der Waals surface area contributed by atoms with Crippen molar-refractivity contribution in [2.45, 2.75) is 26.2 Å². The van der Waals surface area contributed by atoms with E-state index < -0.39 is 0 Å². The van der Waals surface area contributed by atoms with Gasteiger partial charge in [-0.1, -0.05) is 12.1 Å². The number of hydrogen-bond donors (Lipinski definition) is 2. The van der Waals surface area contributed by atoms with E-state index in [1.165, 1.54) is 30.4 Å². The molecule has 33 heavy (non-hydrogen) atoms. The average molecular weight is 462 g/mol. The molecule has 2 heterocycles. The Labute approximate surface area is 193 Å². The number of amides is 2. The van der Waals surface area contributed by atoms with Gasteiger partial charge in [-0.15, -0.1) is 11.3 Å². The van der Waals surface area contributed by atoms with Crippen LogP contribution in [0.2, 0.25) is 0 Å². The summed E-state index contributed by atoms with van der Waals surface area (Å²) in [6.45, 7) is 1.46. The fourth-order valence-electron chi connectivity index (χ4n) is 3.96. The molecule has 9 heteroatoms. The average Bonchev–Trinajstić information content (AvgIpc) is 3.51. The fourth-order valence-corrected chi connectivity index (χ4v) is 4.68. The van der Waals surface area contributed by atoms with Gasteiger partial charge < -0.3 is 5.32 Å². The second kappa shape index (κ2) is 8.59. The van der Waals surface area contributed by atoms with Crippen molar-refractivity contribution in [3.63, 3.8) is 0 Å². The van der Waals surface area contributed by atoms with E-state index in [0.29, 0.717) is 16.5 Å². The number of benzene rings is 2. The summed E-state index contributed by atoms with van der Waals surface area (Å²) in [6.07, 6.45) is 2.55. The first-order valence-corrected chi connectivity index (χ1v) is 11.4. The summed E-state index contributed by atoms with van der Waals surface area (Å²) >= 11 is 1.33. The zero-order chi connectivity index (χ0) is 22.9. The first kappa shape index (κ1) is 21.0. The number of halogens is 1. The molecule has 166 valence electrons. The standard InChI is InChI=1S/C24H20FN5O2S/c1-14(31)26-17-9-5-15(6-10-17)20-13-33-24(27-20)28-23(32)22-19-3-2-4-21(19)30(29-22)18-11-7-16(25)8-12-18/h5-13H,2-4H2,1H3,(H,26,31)(H,27,28,32). The Morgan fingerprint density at radius 2 is 1.79 bits per heavy atom. The molecular formula is C24H20FN5O2S. The highest BCUT2D eigenvalue weighted by atomic mass is 32.1. The summed E-state index contributed by atoms with van der Waals surface area (Å²) in [5.74, 6) is -0.754. The van der Waals surface area contributed by atoms with Gasteiger partial charge in [0.15, 0.2) is 10.8 Å². The highest BCUT2D eigenvalue weighted by Gasteiger charge is 2.27. The maximum atomic E-state index is 13.3. The Hall–Kier alpha value is -3.85. The van der Waals surface area contributed by atoms with Gasteiger partial charge in [-0.3, -0.25) is 14.9 Å². The lowest BCUT2D eigenvalue weighted by Crippen LogP contribution is -2.14. The third-order valence-electron chi connectivity index (χ3n) is 5.44. The number of hydrogen-bond acceptors (Lipinski definition) is 5. The molecule has 0 radical (unpaired) electrons. The van der Waals surface area contributed by atoms with Crippen LogP contribution in [0, 0.1) is 5.82 Å². The summed E-state index contributed by atoms with van der Waals surface area (Å²) in [4.78, 5) is 28.7. The van der Waals surface area contributed by atoms with Crippen molar-refractivity contribution in [2.75, 3.05) is 10.6 Å². The monoisotopic (exact) mass is 461 g/mol. The van der Waals surface area contributed by atoms with E-state index in [4.69, 9.17) is 0 Å². The van der Waals surface area contributed by atoms with Crippen LogP contribution in [-0.2, 0) is 17.6 Å². The fraction of sp³-hybridized carbons (Fsp3) is 0.167. The smallest absolute Gasteiger partial charge is 0.278 e. The van der Waals surface area contributed by atoms with Crippen molar-refractivity contribution in [1.29, 1.82) is 0 Å². The van der Waals surface area contributed by atoms with Gasteiger partial charge in [-0.25, -0.2) is 14.1 Å². The number of thiazole rings is 1. The summed E-state index contributed by atoms with van der Waals surface area (Å²) in [5.41, 5.74) is 5.35. The van der Waals surface area contributed by atoms with Gasteiger partial charge in [-0.05, 0) is 55.7 Å². The van der Waals surface area contributed by atoms with E-state index in [1.54, 1.807) is 28.9 Å². The topological polar surface area (TPSA) is 88.9 Å². The van der Waals surface area contributed by atoms with Crippen LogP contribution in [0.3, 0.4) is 0 Å². The summed E-state index contributed by atoms with van der Waals surface area (Å²) < 4.78 is 15.1. The van der Waals surface area contributed by atoms with Gasteiger partial charge in [0.1, 0.15) is 5.82 Å². The number of rotatable bonds is 5. The number of carbonyl (C=O) groups is 2. The van der Waals surface area contributed by atoms with E-state index in [0.717, 1.165) is 47.5 Å². The molecule has 0 atom stereocenters. The number of fused-ring (bicyclic) bond motifs is 1. The summed E-state index contributed by atoms with van der Waals surface area (Å²) in [5, 5.41) is 12.5. The molecule has 1 aliphatic rings. The Bertz CT molecular complexity index is 1340. The second-order valence-electron chi connectivity index (χ2n) is 7.77. The van der Waals surface area contributed by atoms with Crippen LogP contribution in [0.5, 0.6) is 0 Å². The molecule has 0 saturated carbocycles. The molecule has 0 fully saturated rings. The normalized spacial score (nSPS) is 12.4. The third kappa shape index (κ3) is 4.27. The first-order chi connectivity index (χ1) is 16.0. The van der Waals surface area contributed by atoms with Crippen molar-refractivity contribution in [2.24, 2.45) is 0 Å². The molecule has 2 aromatic carbocycles. The van der Waals surface area contributed by atoms with Crippen molar-refractivity contribution in [3.05, 3.63) is 76.7 Å². The van der Waals surface area contributed by atoms with Crippen molar-refractivity contribution < 1.29 is 14.0 Å². The second-order valence-corrected chi connectivity index (χ2v) is 8.62. The Morgan fingerprint density at radius 1 is 1.03 bits per heavy atom. The minimum Gasteiger partial charge on any atom is -0.326 e. The minimum atomic E-state index is -0.315. The molecule has 1 aliphatic carbocycles. The molecule has 2 amide bonds. The molecule has 0 unspecified atom stereocenters. The molecule has 0 aliphatic heterocycles. The van der Waals surface area contributed by atoms with Crippen LogP contribution in [0.25, 0.3) is 16.9 Å². The molecular weight excluding hydrogens is 441 g/mol. The zero-order valence-electron chi connectivity index (χ0n) is 17.8. The van der Waals surface area contributed by atoms with Crippen LogP contribution in [-0.4, -0.2) is 26.6 Å². The molecule has 4 aromatic rings. The lowest BCUT2D eigenvalue weighted by Gasteiger charge is -2.05. The Kier molecular flexibility index (Phi) is 5.47. The number of aromatic nitrogens is 3. The van der Waals surface area contributed by atoms with Gasteiger partial charge in [-0.2, -0.15) is 5.10 Å². The SMILES string of the molecule is CC(=O)Nc1ccc(-c2csc(NC(=O)c3nn(-c4ccc(F)cc4)c4c3CCC4)n2)cc1. The third-order valence-corrected chi connectivity index (χ3v) is 6.20. The first-order valence-electron chi connectivity index (χ1n) is 10.5. The van der Waals surface area contributed by atoms with Crippen LogP contribution in [0.1, 0.15) is 35.1 Å². The van der Waals surface area contributed by atoms with E-state index in [1.807, 2.05) is 17.5 Å². The number of anilines is 2. The maximum Gasteiger partial charge on any atom is 0.278 e. The van der Waals surface area contributed by atoms with Gasteiger partial charge in [0.25, 0.3) is 5.91 Å². The van der Waals surface area contributed by atoms with Gasteiger partial charge in [0, 0.05) is 34.8 Å². The van der Waals surface area contributed by atoms with Crippen LogP contribution < -0.4 is 10.6 Å². The van der Waals surface area contributed by atoms with Crippen LogP contribution in [0.15, 0.2) is 53.9 Å². The lowest BCUT2D eigenvalue weighted by atomic mass is 10.1. The highest BCUT2D eigenvalue weighted by Crippen LogP contribution is 2.30. The molecule has 0 saturated heterocycles. The van der Waals surface area contributed by atoms with Crippen molar-refractivity contribution in [1.82, 2.24) is 14.8 Å². The lowest BCUT2D eigenvalue weighted by molar-refractivity contribution is -0.114. The molecule has 0 spiro atoms. The molecule has 5 rings (SSSR count). The van der Waals surface area contributed by atoms with E-state index >= 15 is 0 Å². The number of carbonyl (C=O) groups excluding carboxylic acids is 2. The maximum absolute atomic E-state index is 13.3. The van der Waals surface area contributed by atoms with Crippen LogP contribution >= 0.6 is 11.3 Å². The minimum absolute atomic E-state index is 0.130. The Morgan fingerprint density at radius 3 is 2.52 bits per heavy atom. The number of nitrogens with one attached hydrogen (secondary N) is 2. The molecule has 0 bridgehead atoms. The molecule has 7 nitrogen and oxygen atoms in total. The van der Waals surface area contributed by atoms with Crippen molar-refractivity contribution >= 4 is 34.0 Å². The summed E-state index contributed by atoms with van der Waals surface area (Å²) in [7, 11) is 0. The zero-order valence-corrected chi connectivity index (χ0v) is 18.6. The van der Waals surface area contributed by atoms with Gasteiger partial charge in [0.2, 0.25) is 5.91 Å². The Balaban J connectivity index is 1.36. The summed E-state index contributed by atoms with van der Waals surface area (Å²) in [6, 6.07) is 13.4. The molecule has 2 aromatic heterocycles. The highest BCUT2D eigenvalue weighted by molar-refractivity contribution is 7.14.